The van der Waals surface area contributed by atoms with E-state index in [1.165, 1.54) is 18.0 Å². The number of halogens is 2. The molecule has 0 bridgehead atoms. The number of nitrogens with one attached hydrogen (secondary N) is 2. The number of anilines is 2. The molecule has 3 aromatic rings. The fourth-order valence-electron chi connectivity index (χ4n) is 2.56. The summed E-state index contributed by atoms with van der Waals surface area (Å²) in [6.45, 7) is 1.36. The van der Waals surface area contributed by atoms with Crippen LogP contribution < -0.4 is 10.6 Å². The molecule has 0 atom stereocenters. The number of benzene rings is 2. The Morgan fingerprint density at radius 2 is 1.50 bits per heavy atom. The molecule has 134 valence electrons. The fraction of sp³-hybridized carbons (Fsp3) is 0.200. The molecule has 0 saturated heterocycles. The topological polar surface area (TPSA) is 49.8 Å². The molecule has 0 unspecified atom stereocenters. The zero-order valence-corrected chi connectivity index (χ0v) is 15.0. The monoisotopic (exact) mass is 370 g/mol. The zero-order valence-electron chi connectivity index (χ0n) is 14.3. The van der Waals surface area contributed by atoms with Crippen LogP contribution in [0.5, 0.6) is 0 Å². The van der Waals surface area contributed by atoms with Gasteiger partial charge in [0.25, 0.3) is 0 Å². The minimum Gasteiger partial charge on any atom is -0.370 e. The van der Waals surface area contributed by atoms with Crippen LogP contribution in [0.3, 0.4) is 0 Å². The Balaban J connectivity index is 1.47. The Kier molecular flexibility index (Phi) is 6.39. The summed E-state index contributed by atoms with van der Waals surface area (Å²) in [5.41, 5.74) is 1.90. The second kappa shape index (κ2) is 9.15. The van der Waals surface area contributed by atoms with Gasteiger partial charge in [-0.1, -0.05) is 41.9 Å². The summed E-state index contributed by atoms with van der Waals surface area (Å²) in [4.78, 5) is 8.42. The molecular formula is C20H20ClFN4. The second-order valence-corrected chi connectivity index (χ2v) is 6.30. The van der Waals surface area contributed by atoms with E-state index in [-0.39, 0.29) is 5.82 Å². The van der Waals surface area contributed by atoms with Gasteiger partial charge >= 0.3 is 0 Å². The number of aromatic nitrogens is 2. The van der Waals surface area contributed by atoms with Gasteiger partial charge in [0.2, 0.25) is 0 Å². The lowest BCUT2D eigenvalue weighted by atomic mass is 10.1. The van der Waals surface area contributed by atoms with Crippen molar-refractivity contribution in [1.82, 2.24) is 9.97 Å². The average molecular weight is 371 g/mol. The Morgan fingerprint density at radius 1 is 0.846 bits per heavy atom. The van der Waals surface area contributed by atoms with Crippen molar-refractivity contribution in [3.63, 3.8) is 0 Å². The van der Waals surface area contributed by atoms with Gasteiger partial charge in [0.05, 0.1) is 0 Å². The SMILES string of the molecule is Fc1ccccc1CCNc1cc(NCCc2ccc(Cl)cc2)ncn1. The largest absolute Gasteiger partial charge is 0.370 e. The Morgan fingerprint density at radius 3 is 2.19 bits per heavy atom. The summed E-state index contributed by atoms with van der Waals surface area (Å²) < 4.78 is 13.6. The normalized spacial score (nSPS) is 10.5. The standard InChI is InChI=1S/C20H20ClFN4/c21-17-7-5-15(6-8-17)9-11-23-19-13-20(26-14-25-19)24-12-10-16-3-1-2-4-18(16)22/h1-8,13-14H,9-12H2,(H2,23,24,25,26). The van der Waals surface area contributed by atoms with Crippen molar-refractivity contribution in [3.05, 3.63) is 82.9 Å². The van der Waals surface area contributed by atoms with Crippen LogP contribution in [-0.2, 0) is 12.8 Å². The first-order chi connectivity index (χ1) is 12.7. The molecule has 0 aliphatic heterocycles. The molecule has 6 heteroatoms. The van der Waals surface area contributed by atoms with Crippen molar-refractivity contribution in [2.75, 3.05) is 23.7 Å². The van der Waals surface area contributed by atoms with Crippen molar-refractivity contribution in [2.24, 2.45) is 0 Å². The third kappa shape index (κ3) is 5.43. The van der Waals surface area contributed by atoms with E-state index in [2.05, 4.69) is 20.6 Å². The average Bonchev–Trinajstić information content (AvgIpc) is 2.65. The summed E-state index contributed by atoms with van der Waals surface area (Å²) in [5.74, 6) is 1.29. The molecule has 26 heavy (non-hydrogen) atoms. The van der Waals surface area contributed by atoms with E-state index in [4.69, 9.17) is 11.6 Å². The second-order valence-electron chi connectivity index (χ2n) is 5.86. The van der Waals surface area contributed by atoms with Crippen LogP contribution in [0.15, 0.2) is 60.9 Å². The summed E-state index contributed by atoms with van der Waals surface area (Å²) in [7, 11) is 0. The van der Waals surface area contributed by atoms with Crippen LogP contribution >= 0.6 is 11.6 Å². The first kappa shape index (κ1) is 18.1. The molecule has 1 aromatic heterocycles. The van der Waals surface area contributed by atoms with E-state index in [9.17, 15) is 4.39 Å². The summed E-state index contributed by atoms with van der Waals surface area (Å²) >= 11 is 5.89. The Hall–Kier alpha value is -2.66. The number of hydrogen-bond acceptors (Lipinski definition) is 4. The van der Waals surface area contributed by atoms with Gasteiger partial charge in [-0.2, -0.15) is 0 Å². The summed E-state index contributed by atoms with van der Waals surface area (Å²) in [6.07, 6.45) is 2.98. The van der Waals surface area contributed by atoms with Crippen LogP contribution in [0, 0.1) is 5.82 Å². The predicted octanol–water partition coefficient (Wildman–Crippen LogP) is 4.58. The lowest BCUT2D eigenvalue weighted by Crippen LogP contribution is -2.10. The van der Waals surface area contributed by atoms with Crippen molar-refractivity contribution in [2.45, 2.75) is 12.8 Å². The van der Waals surface area contributed by atoms with Crippen molar-refractivity contribution in [3.8, 4) is 0 Å². The van der Waals surface area contributed by atoms with Gasteiger partial charge in [0.15, 0.2) is 0 Å². The summed E-state index contributed by atoms with van der Waals surface area (Å²) in [5, 5.41) is 7.22. The highest BCUT2D eigenvalue weighted by Crippen LogP contribution is 2.12. The molecular weight excluding hydrogens is 351 g/mol. The van der Waals surface area contributed by atoms with Crippen LogP contribution in [0.25, 0.3) is 0 Å². The van der Waals surface area contributed by atoms with Crippen LogP contribution in [0.2, 0.25) is 5.02 Å². The molecule has 2 aromatic carbocycles. The molecule has 0 fully saturated rings. The third-order valence-electron chi connectivity index (χ3n) is 3.96. The molecule has 0 saturated carbocycles. The highest BCUT2D eigenvalue weighted by molar-refractivity contribution is 6.30. The Bertz CT molecular complexity index is 839. The predicted molar refractivity (Wildman–Crippen MR) is 104 cm³/mol. The van der Waals surface area contributed by atoms with Crippen LogP contribution in [0.4, 0.5) is 16.0 Å². The van der Waals surface area contributed by atoms with E-state index in [1.54, 1.807) is 12.1 Å². The first-order valence-corrected chi connectivity index (χ1v) is 8.86. The van der Waals surface area contributed by atoms with Gasteiger partial charge in [0, 0.05) is 24.2 Å². The molecule has 0 aliphatic rings. The lowest BCUT2D eigenvalue weighted by molar-refractivity contribution is 0.610. The molecule has 0 radical (unpaired) electrons. The van der Waals surface area contributed by atoms with Gasteiger partial charge in [-0.05, 0) is 42.2 Å². The van der Waals surface area contributed by atoms with E-state index >= 15 is 0 Å². The number of nitrogens with zero attached hydrogens (tertiary/aromatic N) is 2. The molecule has 4 nitrogen and oxygen atoms in total. The smallest absolute Gasteiger partial charge is 0.131 e. The maximum Gasteiger partial charge on any atom is 0.131 e. The van der Waals surface area contributed by atoms with E-state index in [0.29, 0.717) is 24.3 Å². The maximum atomic E-state index is 13.6. The highest BCUT2D eigenvalue weighted by Gasteiger charge is 2.02. The Labute approximate surface area is 157 Å². The number of rotatable bonds is 8. The fourth-order valence-corrected chi connectivity index (χ4v) is 2.69. The van der Waals surface area contributed by atoms with E-state index in [1.807, 2.05) is 36.4 Å². The lowest BCUT2D eigenvalue weighted by Gasteiger charge is -2.09. The van der Waals surface area contributed by atoms with Crippen molar-refractivity contribution < 1.29 is 4.39 Å². The molecule has 3 rings (SSSR count). The highest BCUT2D eigenvalue weighted by atomic mass is 35.5. The molecule has 2 N–H and O–H groups in total. The molecule has 1 heterocycles. The van der Waals surface area contributed by atoms with Gasteiger partial charge in [-0.25, -0.2) is 14.4 Å². The van der Waals surface area contributed by atoms with Crippen molar-refractivity contribution >= 4 is 23.2 Å². The third-order valence-corrected chi connectivity index (χ3v) is 4.21. The summed E-state index contributed by atoms with van der Waals surface area (Å²) in [6, 6.07) is 16.5. The van der Waals surface area contributed by atoms with Gasteiger partial charge in [-0.15, -0.1) is 0 Å². The quantitative estimate of drug-likeness (QED) is 0.609. The zero-order chi connectivity index (χ0) is 18.2. The van der Waals surface area contributed by atoms with E-state index in [0.717, 1.165) is 23.8 Å². The molecule has 0 spiro atoms. The minimum atomic E-state index is -0.179. The first-order valence-electron chi connectivity index (χ1n) is 8.48. The maximum absolute atomic E-state index is 13.6. The van der Waals surface area contributed by atoms with Gasteiger partial charge in [-0.3, -0.25) is 0 Å². The van der Waals surface area contributed by atoms with Crippen LogP contribution in [-0.4, -0.2) is 23.1 Å². The van der Waals surface area contributed by atoms with Gasteiger partial charge < -0.3 is 10.6 Å². The molecule has 0 amide bonds. The van der Waals surface area contributed by atoms with Crippen molar-refractivity contribution in [1.29, 1.82) is 0 Å². The molecule has 0 aliphatic carbocycles. The van der Waals surface area contributed by atoms with Crippen LogP contribution in [0.1, 0.15) is 11.1 Å². The van der Waals surface area contributed by atoms with E-state index < -0.39 is 0 Å². The van der Waals surface area contributed by atoms with Gasteiger partial charge in [0.1, 0.15) is 23.8 Å². The minimum absolute atomic E-state index is 0.179. The number of hydrogen-bond donors (Lipinski definition) is 2.